The lowest BCUT2D eigenvalue weighted by Gasteiger charge is -2.10. The third-order valence-corrected chi connectivity index (χ3v) is 5.69. The second-order valence-corrected chi connectivity index (χ2v) is 8.18. The van der Waals surface area contributed by atoms with E-state index >= 15 is 0 Å². The average Bonchev–Trinajstić information content (AvgIpc) is 3.31. The number of halogens is 2. The normalized spacial score (nSPS) is 11.1. The molecule has 37 heavy (non-hydrogen) atoms. The summed E-state index contributed by atoms with van der Waals surface area (Å²) in [6, 6.07) is 13.3. The maximum absolute atomic E-state index is 13.6. The smallest absolute Gasteiger partial charge is 0.315 e. The first kappa shape index (κ1) is 23.7. The van der Waals surface area contributed by atoms with Crippen LogP contribution in [0.15, 0.2) is 76.7 Å². The predicted molar refractivity (Wildman–Crippen MR) is 131 cm³/mol. The first-order valence-corrected chi connectivity index (χ1v) is 11.1. The Morgan fingerprint density at radius 3 is 2.59 bits per heavy atom. The highest BCUT2D eigenvalue weighted by Crippen LogP contribution is 2.21. The van der Waals surface area contributed by atoms with Crippen molar-refractivity contribution in [1.29, 1.82) is 0 Å². The Labute approximate surface area is 207 Å². The summed E-state index contributed by atoms with van der Waals surface area (Å²) in [6.07, 6.45) is 2.87. The lowest BCUT2D eigenvalue weighted by atomic mass is 10.1. The molecule has 1 N–H and O–H groups in total. The van der Waals surface area contributed by atoms with Crippen LogP contribution < -0.4 is 16.6 Å². The van der Waals surface area contributed by atoms with E-state index in [2.05, 4.69) is 20.3 Å². The molecule has 0 unspecified atom stereocenters. The molecule has 5 aromatic rings. The van der Waals surface area contributed by atoms with Gasteiger partial charge in [0.15, 0.2) is 22.8 Å². The lowest BCUT2D eigenvalue weighted by Crippen LogP contribution is -2.40. The van der Waals surface area contributed by atoms with E-state index in [0.717, 1.165) is 16.7 Å². The highest BCUT2D eigenvalue weighted by Gasteiger charge is 2.18. The monoisotopic (exact) mass is 503 g/mol. The fourth-order valence-corrected chi connectivity index (χ4v) is 3.89. The second kappa shape index (κ2) is 9.57. The van der Waals surface area contributed by atoms with Gasteiger partial charge in [-0.2, -0.15) is 0 Å². The molecule has 0 saturated carbocycles. The van der Waals surface area contributed by atoms with E-state index in [9.17, 15) is 23.2 Å². The van der Waals surface area contributed by atoms with Gasteiger partial charge in [0.1, 0.15) is 12.4 Å². The summed E-state index contributed by atoms with van der Waals surface area (Å²) in [7, 11) is 1.49. The number of amides is 1. The molecule has 0 aliphatic carbocycles. The lowest BCUT2D eigenvalue weighted by molar-refractivity contribution is -0.116. The van der Waals surface area contributed by atoms with Crippen LogP contribution in [0.25, 0.3) is 22.4 Å². The highest BCUT2D eigenvalue weighted by molar-refractivity contribution is 5.90. The largest absolute Gasteiger partial charge is 0.332 e. The number of nitrogens with zero attached hydrogens (tertiary/aromatic N) is 6. The number of pyridine rings is 2. The molecule has 0 fully saturated rings. The van der Waals surface area contributed by atoms with Gasteiger partial charge in [-0.25, -0.2) is 23.5 Å². The zero-order chi connectivity index (χ0) is 26.1. The number of rotatable bonds is 6. The summed E-state index contributed by atoms with van der Waals surface area (Å²) in [5.74, 6) is -2.32. The van der Waals surface area contributed by atoms with Gasteiger partial charge in [0.25, 0.3) is 5.56 Å². The fourth-order valence-electron chi connectivity index (χ4n) is 3.89. The quantitative estimate of drug-likeness (QED) is 0.380. The second-order valence-electron chi connectivity index (χ2n) is 8.18. The summed E-state index contributed by atoms with van der Waals surface area (Å²) in [4.78, 5) is 51.4. The van der Waals surface area contributed by atoms with Gasteiger partial charge in [-0.3, -0.25) is 23.7 Å². The van der Waals surface area contributed by atoms with Gasteiger partial charge in [-0.05, 0) is 42.5 Å². The first-order chi connectivity index (χ1) is 17.8. The molecule has 12 heteroatoms. The van der Waals surface area contributed by atoms with Crippen LogP contribution in [0.5, 0.6) is 0 Å². The molecule has 1 amide bonds. The van der Waals surface area contributed by atoms with E-state index in [4.69, 9.17) is 0 Å². The van der Waals surface area contributed by atoms with E-state index < -0.39 is 28.8 Å². The van der Waals surface area contributed by atoms with Crippen LogP contribution >= 0.6 is 0 Å². The van der Waals surface area contributed by atoms with Crippen molar-refractivity contribution in [2.75, 3.05) is 5.32 Å². The Morgan fingerprint density at radius 2 is 1.84 bits per heavy atom. The number of aryl methyl sites for hydroxylation is 1. The number of nitrogens with one attached hydrogen (secondary N) is 1. The van der Waals surface area contributed by atoms with E-state index in [1.54, 1.807) is 36.5 Å². The number of carbonyl (C=O) groups excluding carboxylic acids is 1. The van der Waals surface area contributed by atoms with E-state index in [1.165, 1.54) is 34.6 Å². The molecule has 0 aliphatic heterocycles. The molecule has 0 saturated heterocycles. The SMILES string of the molecule is Cn1c(=O)n(Cc2ccccn2)c(=O)c2c1ncn2CC(=O)Nc1cccc(-c2ccc(F)c(F)c2)n1. The summed E-state index contributed by atoms with van der Waals surface area (Å²) in [5, 5.41) is 2.63. The maximum atomic E-state index is 13.6. The van der Waals surface area contributed by atoms with Crippen molar-refractivity contribution in [2.45, 2.75) is 13.1 Å². The van der Waals surface area contributed by atoms with E-state index in [0.29, 0.717) is 17.0 Å². The summed E-state index contributed by atoms with van der Waals surface area (Å²) >= 11 is 0. The Bertz CT molecular complexity index is 1760. The number of imidazole rings is 1. The van der Waals surface area contributed by atoms with Crippen molar-refractivity contribution < 1.29 is 13.6 Å². The van der Waals surface area contributed by atoms with Gasteiger partial charge in [-0.1, -0.05) is 12.1 Å². The number of hydrogen-bond donors (Lipinski definition) is 1. The number of anilines is 1. The molecule has 0 radical (unpaired) electrons. The van der Waals surface area contributed by atoms with Crippen molar-refractivity contribution in [1.82, 2.24) is 28.7 Å². The first-order valence-electron chi connectivity index (χ1n) is 11.1. The summed E-state index contributed by atoms with van der Waals surface area (Å²) < 4.78 is 30.5. The number of aromatic nitrogens is 6. The van der Waals surface area contributed by atoms with Crippen LogP contribution in [0.1, 0.15) is 5.69 Å². The van der Waals surface area contributed by atoms with Gasteiger partial charge in [0.2, 0.25) is 5.91 Å². The molecule has 10 nitrogen and oxygen atoms in total. The number of carbonyl (C=O) groups is 1. The number of benzene rings is 1. The van der Waals surface area contributed by atoms with Crippen LogP contribution in [-0.4, -0.2) is 34.6 Å². The molecule has 5 rings (SSSR count). The molecule has 1 aromatic carbocycles. The van der Waals surface area contributed by atoms with Crippen LogP contribution in [0.2, 0.25) is 0 Å². The molecular weight excluding hydrogens is 484 g/mol. The highest BCUT2D eigenvalue weighted by atomic mass is 19.2. The van der Waals surface area contributed by atoms with Crippen LogP contribution in [0.3, 0.4) is 0 Å². The van der Waals surface area contributed by atoms with Gasteiger partial charge in [0, 0.05) is 18.8 Å². The molecule has 4 aromatic heterocycles. The Balaban J connectivity index is 1.42. The van der Waals surface area contributed by atoms with Crippen molar-refractivity contribution >= 4 is 22.9 Å². The minimum absolute atomic E-state index is 0.0413. The zero-order valence-electron chi connectivity index (χ0n) is 19.4. The van der Waals surface area contributed by atoms with Gasteiger partial charge < -0.3 is 9.88 Å². The number of hydrogen-bond acceptors (Lipinski definition) is 6. The molecule has 0 spiro atoms. The van der Waals surface area contributed by atoms with Gasteiger partial charge in [0.05, 0.1) is 24.3 Å². The summed E-state index contributed by atoms with van der Waals surface area (Å²) in [6.45, 7) is -0.328. The molecule has 4 heterocycles. The minimum Gasteiger partial charge on any atom is -0.315 e. The maximum Gasteiger partial charge on any atom is 0.332 e. The van der Waals surface area contributed by atoms with Crippen molar-refractivity contribution in [3.63, 3.8) is 0 Å². The minimum atomic E-state index is -1.01. The van der Waals surface area contributed by atoms with Crippen molar-refractivity contribution in [3.8, 4) is 11.3 Å². The van der Waals surface area contributed by atoms with Crippen molar-refractivity contribution in [2.24, 2.45) is 7.05 Å². The van der Waals surface area contributed by atoms with Crippen LogP contribution in [0, 0.1) is 11.6 Å². The fraction of sp³-hybridized carbons (Fsp3) is 0.120. The van der Waals surface area contributed by atoms with Crippen LogP contribution in [-0.2, 0) is 24.9 Å². The topological polar surface area (TPSA) is 117 Å². The average molecular weight is 503 g/mol. The third-order valence-electron chi connectivity index (χ3n) is 5.69. The van der Waals surface area contributed by atoms with Gasteiger partial charge in [-0.15, -0.1) is 0 Å². The number of fused-ring (bicyclic) bond motifs is 1. The predicted octanol–water partition coefficient (Wildman–Crippen LogP) is 2.32. The molecular formula is C25H19F2N7O3. The summed E-state index contributed by atoms with van der Waals surface area (Å²) in [5.41, 5.74) is 0.248. The Hall–Kier alpha value is -5.00. The molecule has 0 aliphatic rings. The van der Waals surface area contributed by atoms with Crippen LogP contribution in [0.4, 0.5) is 14.6 Å². The molecule has 0 atom stereocenters. The standard InChI is InChI=1S/C25H19F2N7O3/c1-32-23-22(24(36)34(25(32)37)12-16-5-2-3-10-28-16)33(14-29-23)13-21(35)31-20-7-4-6-19(30-20)15-8-9-17(26)18(27)11-15/h2-11,14H,12-13H2,1H3,(H,30,31,35). The third kappa shape index (κ3) is 4.63. The molecule has 0 bridgehead atoms. The van der Waals surface area contributed by atoms with Gasteiger partial charge >= 0.3 is 5.69 Å². The Kier molecular flexibility index (Phi) is 6.14. The van der Waals surface area contributed by atoms with E-state index in [-0.39, 0.29) is 30.1 Å². The van der Waals surface area contributed by atoms with E-state index in [1.807, 2.05) is 0 Å². The van der Waals surface area contributed by atoms with Crippen molar-refractivity contribution in [3.05, 3.63) is 105 Å². The Morgan fingerprint density at radius 1 is 1.00 bits per heavy atom. The molecule has 186 valence electrons. The zero-order valence-corrected chi connectivity index (χ0v) is 19.4.